The molecular formula is C16H23Cl2NO. The van der Waals surface area contributed by atoms with Crippen molar-refractivity contribution >= 4 is 23.2 Å². The molecule has 1 aromatic rings. The third-order valence-electron chi connectivity index (χ3n) is 3.75. The van der Waals surface area contributed by atoms with Crippen LogP contribution in [0.1, 0.15) is 39.5 Å². The lowest BCUT2D eigenvalue weighted by Crippen LogP contribution is -2.45. The Hall–Kier alpha value is -0.440. The fraction of sp³-hybridized carbons (Fsp3) is 0.625. The van der Waals surface area contributed by atoms with Gasteiger partial charge < -0.3 is 10.1 Å². The summed E-state index contributed by atoms with van der Waals surface area (Å²) in [5.41, 5.74) is -0.0298. The van der Waals surface area contributed by atoms with Crippen molar-refractivity contribution in [1.82, 2.24) is 5.32 Å². The molecule has 4 heteroatoms. The highest BCUT2D eigenvalue weighted by molar-refractivity contribution is 6.34. The van der Waals surface area contributed by atoms with E-state index in [-0.39, 0.29) is 5.60 Å². The molecule has 0 unspecified atom stereocenters. The van der Waals surface area contributed by atoms with Crippen LogP contribution in [0.3, 0.4) is 0 Å². The number of nitrogens with one attached hydrogen (secondary N) is 1. The van der Waals surface area contributed by atoms with Gasteiger partial charge >= 0.3 is 0 Å². The molecule has 1 aliphatic rings. The van der Waals surface area contributed by atoms with Crippen LogP contribution in [0.4, 0.5) is 0 Å². The summed E-state index contributed by atoms with van der Waals surface area (Å²) in [6, 6.07) is 5.41. The van der Waals surface area contributed by atoms with E-state index >= 15 is 0 Å². The Morgan fingerprint density at radius 2 is 1.85 bits per heavy atom. The number of hydrogen-bond acceptors (Lipinski definition) is 2. The van der Waals surface area contributed by atoms with Gasteiger partial charge in [-0.3, -0.25) is 0 Å². The molecule has 0 aromatic heterocycles. The third-order valence-corrected chi connectivity index (χ3v) is 4.18. The Kier molecular flexibility index (Phi) is 5.59. The van der Waals surface area contributed by atoms with Crippen molar-refractivity contribution < 1.29 is 4.74 Å². The van der Waals surface area contributed by atoms with E-state index in [1.54, 1.807) is 6.07 Å². The van der Waals surface area contributed by atoms with Gasteiger partial charge in [0.2, 0.25) is 0 Å². The average molecular weight is 316 g/mol. The van der Waals surface area contributed by atoms with Crippen molar-refractivity contribution in [2.24, 2.45) is 5.92 Å². The summed E-state index contributed by atoms with van der Waals surface area (Å²) in [7, 11) is 0. The highest BCUT2D eigenvalue weighted by atomic mass is 35.5. The third kappa shape index (κ3) is 4.54. The second-order valence-corrected chi connectivity index (χ2v) is 6.96. The molecule has 112 valence electrons. The number of ether oxygens (including phenoxy) is 1. The predicted molar refractivity (Wildman–Crippen MR) is 86.0 cm³/mol. The first-order valence-corrected chi connectivity index (χ1v) is 8.10. The lowest BCUT2D eigenvalue weighted by molar-refractivity contribution is -0.0143. The van der Waals surface area contributed by atoms with Crippen LogP contribution in [0, 0.1) is 5.92 Å². The minimum Gasteiger partial charge on any atom is -0.487 e. The highest BCUT2D eigenvalue weighted by Crippen LogP contribution is 2.40. The zero-order valence-electron chi connectivity index (χ0n) is 12.2. The van der Waals surface area contributed by atoms with E-state index in [1.807, 2.05) is 12.1 Å². The minimum absolute atomic E-state index is 0.0298. The second kappa shape index (κ2) is 7.02. The maximum Gasteiger partial charge on any atom is 0.123 e. The molecule has 20 heavy (non-hydrogen) atoms. The Bertz CT molecular complexity index is 424. The SMILES string of the molecule is CC(C)CNCCC1(Oc2cc(Cl)cc(Cl)c2)CCC1. The molecule has 0 spiro atoms. The van der Waals surface area contributed by atoms with Crippen molar-refractivity contribution in [1.29, 1.82) is 0 Å². The molecule has 0 heterocycles. The van der Waals surface area contributed by atoms with E-state index < -0.39 is 0 Å². The van der Waals surface area contributed by atoms with Crippen molar-refractivity contribution in [2.45, 2.75) is 45.1 Å². The molecule has 0 aliphatic heterocycles. The van der Waals surface area contributed by atoms with Crippen LogP contribution in [0.15, 0.2) is 18.2 Å². The molecule has 2 rings (SSSR count). The zero-order valence-corrected chi connectivity index (χ0v) is 13.7. The van der Waals surface area contributed by atoms with Gasteiger partial charge in [0.1, 0.15) is 11.4 Å². The first-order valence-electron chi connectivity index (χ1n) is 7.35. The van der Waals surface area contributed by atoms with E-state index in [9.17, 15) is 0 Å². The van der Waals surface area contributed by atoms with Gasteiger partial charge in [0, 0.05) is 10.0 Å². The van der Waals surface area contributed by atoms with Crippen molar-refractivity contribution in [2.75, 3.05) is 13.1 Å². The average Bonchev–Trinajstić information content (AvgIpc) is 2.29. The Morgan fingerprint density at radius 1 is 1.20 bits per heavy atom. The predicted octanol–water partition coefficient (Wildman–Crippen LogP) is 4.93. The maximum absolute atomic E-state index is 6.20. The summed E-state index contributed by atoms with van der Waals surface area (Å²) in [5, 5.41) is 4.73. The molecule has 0 saturated heterocycles. The lowest BCUT2D eigenvalue weighted by Gasteiger charge is -2.42. The van der Waals surface area contributed by atoms with Gasteiger partial charge in [-0.25, -0.2) is 0 Å². The second-order valence-electron chi connectivity index (χ2n) is 6.09. The number of benzene rings is 1. The van der Waals surface area contributed by atoms with Crippen LogP contribution in [0.2, 0.25) is 10.0 Å². The van der Waals surface area contributed by atoms with E-state index in [0.717, 1.165) is 38.1 Å². The normalized spacial score (nSPS) is 17.1. The van der Waals surface area contributed by atoms with Gasteiger partial charge in [-0.15, -0.1) is 0 Å². The van der Waals surface area contributed by atoms with E-state index in [1.165, 1.54) is 6.42 Å². The van der Waals surface area contributed by atoms with Crippen molar-refractivity contribution in [3.05, 3.63) is 28.2 Å². The van der Waals surface area contributed by atoms with Crippen LogP contribution in [0.5, 0.6) is 5.75 Å². The first kappa shape index (κ1) is 15.9. The molecule has 1 fully saturated rings. The van der Waals surface area contributed by atoms with Gasteiger partial charge in [-0.1, -0.05) is 37.0 Å². The van der Waals surface area contributed by atoms with Gasteiger partial charge in [-0.2, -0.15) is 0 Å². The number of halogens is 2. The summed E-state index contributed by atoms with van der Waals surface area (Å²) in [4.78, 5) is 0. The molecular weight excluding hydrogens is 293 g/mol. The molecule has 1 saturated carbocycles. The number of rotatable bonds is 7. The molecule has 0 radical (unpaired) electrons. The first-order chi connectivity index (χ1) is 9.49. The number of hydrogen-bond donors (Lipinski definition) is 1. The minimum atomic E-state index is -0.0298. The molecule has 0 atom stereocenters. The molecule has 1 aliphatic carbocycles. The fourth-order valence-corrected chi connectivity index (χ4v) is 3.02. The smallest absolute Gasteiger partial charge is 0.123 e. The van der Waals surface area contributed by atoms with Crippen LogP contribution in [-0.2, 0) is 0 Å². The van der Waals surface area contributed by atoms with Crippen LogP contribution >= 0.6 is 23.2 Å². The van der Waals surface area contributed by atoms with E-state index in [4.69, 9.17) is 27.9 Å². The van der Waals surface area contributed by atoms with Gasteiger partial charge in [0.05, 0.1) is 0 Å². The van der Waals surface area contributed by atoms with Crippen LogP contribution < -0.4 is 10.1 Å². The molecule has 0 bridgehead atoms. The molecule has 0 amide bonds. The summed E-state index contributed by atoms with van der Waals surface area (Å²) >= 11 is 12.1. The standard InChI is InChI=1S/C16H23Cl2NO/c1-12(2)11-19-7-6-16(4-3-5-16)20-15-9-13(17)8-14(18)10-15/h8-10,12,19H,3-7,11H2,1-2H3. The van der Waals surface area contributed by atoms with Crippen molar-refractivity contribution in [3.8, 4) is 5.75 Å². The largest absolute Gasteiger partial charge is 0.487 e. The Morgan fingerprint density at radius 3 is 2.35 bits per heavy atom. The topological polar surface area (TPSA) is 21.3 Å². The van der Waals surface area contributed by atoms with E-state index in [2.05, 4.69) is 19.2 Å². The van der Waals surface area contributed by atoms with Crippen LogP contribution in [0.25, 0.3) is 0 Å². The monoisotopic (exact) mass is 315 g/mol. The van der Waals surface area contributed by atoms with Gasteiger partial charge in [0.25, 0.3) is 0 Å². The summed E-state index contributed by atoms with van der Waals surface area (Å²) < 4.78 is 6.20. The maximum atomic E-state index is 6.20. The highest BCUT2D eigenvalue weighted by Gasteiger charge is 2.38. The summed E-state index contributed by atoms with van der Waals surface area (Å²) in [6.07, 6.45) is 4.49. The van der Waals surface area contributed by atoms with Gasteiger partial charge in [0.15, 0.2) is 0 Å². The molecule has 1 aromatic carbocycles. The lowest BCUT2D eigenvalue weighted by atomic mass is 9.77. The molecule has 2 nitrogen and oxygen atoms in total. The van der Waals surface area contributed by atoms with Crippen LogP contribution in [-0.4, -0.2) is 18.7 Å². The fourth-order valence-electron chi connectivity index (χ4n) is 2.52. The van der Waals surface area contributed by atoms with Crippen molar-refractivity contribution in [3.63, 3.8) is 0 Å². The van der Waals surface area contributed by atoms with Gasteiger partial charge in [-0.05, 0) is 62.9 Å². The zero-order chi connectivity index (χ0) is 14.6. The quantitative estimate of drug-likeness (QED) is 0.720. The molecule has 1 N–H and O–H groups in total. The summed E-state index contributed by atoms with van der Waals surface area (Å²) in [6.45, 7) is 6.48. The Labute approximate surface area is 131 Å². The summed E-state index contributed by atoms with van der Waals surface area (Å²) in [5.74, 6) is 1.46. The van der Waals surface area contributed by atoms with E-state index in [0.29, 0.717) is 16.0 Å². The Balaban J connectivity index is 1.90.